The van der Waals surface area contributed by atoms with Gasteiger partial charge < -0.3 is 0 Å². The van der Waals surface area contributed by atoms with Crippen molar-refractivity contribution >= 4 is 17.6 Å². The summed E-state index contributed by atoms with van der Waals surface area (Å²) in [5.41, 5.74) is 9.60. The average Bonchev–Trinajstić information content (AvgIpc) is 2.72. The van der Waals surface area contributed by atoms with Crippen molar-refractivity contribution in [1.82, 2.24) is 0 Å². The highest BCUT2D eigenvalue weighted by atomic mass is 28.3. The van der Waals surface area contributed by atoms with Crippen molar-refractivity contribution in [2.24, 2.45) is 0 Å². The highest BCUT2D eigenvalue weighted by molar-refractivity contribution is 6.67. The third-order valence-electron chi connectivity index (χ3n) is 6.20. The van der Waals surface area contributed by atoms with Gasteiger partial charge in [0, 0.05) is 0 Å². The molecule has 4 unspecified atom stereocenters. The van der Waals surface area contributed by atoms with Gasteiger partial charge in [-0.25, -0.2) is 0 Å². The van der Waals surface area contributed by atoms with E-state index in [2.05, 4.69) is 85.2 Å². The summed E-state index contributed by atoms with van der Waals surface area (Å²) in [6.07, 6.45) is 5.70. The van der Waals surface area contributed by atoms with Crippen molar-refractivity contribution in [2.45, 2.75) is 48.9 Å². The van der Waals surface area contributed by atoms with Crippen LogP contribution in [0.5, 0.6) is 0 Å². The highest BCUT2D eigenvalue weighted by Gasteiger charge is 2.31. The minimum Gasteiger partial charge on any atom is -0.107 e. The van der Waals surface area contributed by atoms with Gasteiger partial charge in [0.15, 0.2) is 0 Å². The van der Waals surface area contributed by atoms with Crippen LogP contribution in [0.3, 0.4) is 0 Å². The van der Waals surface area contributed by atoms with Gasteiger partial charge in [0.25, 0.3) is 0 Å². The molecule has 0 radical (unpaired) electrons. The summed E-state index contributed by atoms with van der Waals surface area (Å²) >= 11 is 0. The molecule has 1 saturated carbocycles. The maximum absolute atomic E-state index is 4.24. The molecular formula is C24H32Si2. The summed E-state index contributed by atoms with van der Waals surface area (Å²) in [6.45, 7) is 8.49. The summed E-state index contributed by atoms with van der Waals surface area (Å²) in [5.74, 6) is 0. The van der Waals surface area contributed by atoms with E-state index in [1.54, 1.807) is 0 Å². The van der Waals surface area contributed by atoms with E-state index >= 15 is 0 Å². The van der Waals surface area contributed by atoms with E-state index in [9.17, 15) is 0 Å². The van der Waals surface area contributed by atoms with Crippen molar-refractivity contribution in [3.63, 3.8) is 0 Å². The zero-order chi connectivity index (χ0) is 18.2. The Morgan fingerprint density at radius 3 is 1.54 bits per heavy atom. The van der Waals surface area contributed by atoms with Gasteiger partial charge in [-0.1, -0.05) is 97.5 Å². The summed E-state index contributed by atoms with van der Waals surface area (Å²) in [5, 5.41) is 0. The lowest BCUT2D eigenvalue weighted by Gasteiger charge is -2.35. The molecule has 0 nitrogen and oxygen atoms in total. The summed E-state index contributed by atoms with van der Waals surface area (Å²) in [6, 6.07) is 24.7. The second-order valence-corrected chi connectivity index (χ2v) is 14.2. The van der Waals surface area contributed by atoms with Gasteiger partial charge in [-0.2, -0.15) is 0 Å². The predicted octanol–water partition coefficient (Wildman–Crippen LogP) is 5.77. The lowest BCUT2D eigenvalue weighted by atomic mass is 9.99. The van der Waals surface area contributed by atoms with Crippen molar-refractivity contribution in [3.8, 4) is 0 Å². The third kappa shape index (κ3) is 5.18. The molecule has 3 rings (SSSR count). The van der Waals surface area contributed by atoms with Crippen LogP contribution in [0.25, 0.3) is 0 Å². The molecule has 1 aliphatic rings. The maximum atomic E-state index is 4.24. The number of rotatable bonds is 8. The van der Waals surface area contributed by atoms with Crippen LogP contribution in [-0.2, 0) is 12.1 Å². The number of benzene rings is 2. The van der Waals surface area contributed by atoms with Crippen LogP contribution in [0.1, 0.15) is 36.8 Å². The Hall–Kier alpha value is -1.65. The van der Waals surface area contributed by atoms with Crippen LogP contribution in [0.2, 0.25) is 11.1 Å². The van der Waals surface area contributed by atoms with Crippen LogP contribution in [0.4, 0.5) is 0 Å². The van der Waals surface area contributed by atoms with Gasteiger partial charge in [-0.05, 0) is 23.2 Å². The quantitative estimate of drug-likeness (QED) is 0.513. The summed E-state index contributed by atoms with van der Waals surface area (Å²) < 4.78 is 0. The van der Waals surface area contributed by atoms with Crippen LogP contribution < -0.4 is 0 Å². The second kappa shape index (κ2) is 9.89. The van der Waals surface area contributed by atoms with Gasteiger partial charge in [-0.15, -0.1) is 24.6 Å². The highest BCUT2D eigenvalue weighted by Crippen LogP contribution is 2.41. The summed E-state index contributed by atoms with van der Waals surface area (Å²) in [7, 11) is -1.89. The van der Waals surface area contributed by atoms with Crippen LogP contribution >= 0.6 is 0 Å². The molecule has 1 fully saturated rings. The van der Waals surface area contributed by atoms with Gasteiger partial charge >= 0.3 is 0 Å². The smallest absolute Gasteiger partial charge is 0.0681 e. The molecule has 0 spiro atoms. The molecule has 0 aromatic heterocycles. The molecule has 0 saturated heterocycles. The Balaban J connectivity index is 1.64. The first-order chi connectivity index (χ1) is 12.8. The van der Waals surface area contributed by atoms with Crippen molar-refractivity contribution in [1.29, 1.82) is 0 Å². The molecule has 0 heterocycles. The largest absolute Gasteiger partial charge is 0.107 e. The fourth-order valence-electron chi connectivity index (χ4n) is 4.70. The van der Waals surface area contributed by atoms with Crippen molar-refractivity contribution in [2.75, 3.05) is 0 Å². The first-order valence-electron chi connectivity index (χ1n) is 10.1. The SMILES string of the molecule is C=C[SiH](Cc1ccccc1)C1CCCC([SiH](C=C)Cc2ccccc2)C1. The van der Waals surface area contributed by atoms with E-state index < -0.39 is 17.6 Å². The second-order valence-electron chi connectivity index (χ2n) is 7.87. The van der Waals surface area contributed by atoms with Crippen molar-refractivity contribution in [3.05, 3.63) is 96.3 Å². The zero-order valence-corrected chi connectivity index (χ0v) is 18.2. The van der Waals surface area contributed by atoms with E-state index in [4.69, 9.17) is 0 Å². The first kappa shape index (κ1) is 19.1. The molecule has 1 aliphatic carbocycles. The third-order valence-corrected chi connectivity index (χ3v) is 12.9. The van der Waals surface area contributed by atoms with Gasteiger partial charge in [-0.3, -0.25) is 0 Å². The van der Waals surface area contributed by atoms with Gasteiger partial charge in [0.1, 0.15) is 0 Å². The maximum Gasteiger partial charge on any atom is 0.0681 e. The zero-order valence-electron chi connectivity index (χ0n) is 15.9. The van der Waals surface area contributed by atoms with Crippen molar-refractivity contribution < 1.29 is 0 Å². The normalized spacial score (nSPS) is 22.3. The van der Waals surface area contributed by atoms with E-state index in [1.807, 2.05) is 0 Å². The number of hydrogen-bond donors (Lipinski definition) is 0. The molecule has 0 amide bonds. The van der Waals surface area contributed by atoms with Crippen LogP contribution in [-0.4, -0.2) is 17.6 Å². The molecular weight excluding hydrogens is 344 g/mol. The lowest BCUT2D eigenvalue weighted by Crippen LogP contribution is -2.31. The lowest BCUT2D eigenvalue weighted by molar-refractivity contribution is 0.490. The molecule has 26 heavy (non-hydrogen) atoms. The Bertz CT molecular complexity index is 620. The first-order valence-corrected chi connectivity index (χ1v) is 14.4. The Morgan fingerprint density at radius 2 is 1.15 bits per heavy atom. The summed E-state index contributed by atoms with van der Waals surface area (Å²) in [4.78, 5) is 0. The van der Waals surface area contributed by atoms with E-state index in [0.29, 0.717) is 0 Å². The molecule has 0 N–H and O–H groups in total. The van der Waals surface area contributed by atoms with E-state index in [0.717, 1.165) is 11.1 Å². The van der Waals surface area contributed by atoms with Gasteiger partial charge in [0.05, 0.1) is 17.6 Å². The van der Waals surface area contributed by atoms with E-state index in [-0.39, 0.29) is 0 Å². The Morgan fingerprint density at radius 1 is 0.731 bits per heavy atom. The molecule has 0 aliphatic heterocycles. The minimum absolute atomic E-state index is 0.928. The number of hydrogen-bond acceptors (Lipinski definition) is 0. The molecule has 4 atom stereocenters. The van der Waals surface area contributed by atoms with E-state index in [1.165, 1.54) is 48.9 Å². The van der Waals surface area contributed by atoms with Crippen LogP contribution in [0, 0.1) is 0 Å². The monoisotopic (exact) mass is 376 g/mol. The molecule has 136 valence electrons. The minimum atomic E-state index is -0.945. The molecule has 2 heteroatoms. The molecule has 2 aromatic carbocycles. The Kier molecular flexibility index (Phi) is 7.27. The van der Waals surface area contributed by atoms with Gasteiger partial charge in [0.2, 0.25) is 0 Å². The predicted molar refractivity (Wildman–Crippen MR) is 121 cm³/mol. The average molecular weight is 377 g/mol. The fraction of sp³-hybridized carbons (Fsp3) is 0.333. The Labute approximate surface area is 162 Å². The molecule has 2 aromatic rings. The fourth-order valence-corrected chi connectivity index (χ4v) is 11.1. The topological polar surface area (TPSA) is 0 Å². The standard InChI is InChI=1S/C24H32Si2/c1-3-25(19-21-12-7-5-8-13-21)23-16-11-17-24(18-23)26(4-2)20-22-14-9-6-10-15-22/h3-10,12-15,23-26H,1-2,11,16-20H2. The van der Waals surface area contributed by atoms with Crippen LogP contribution in [0.15, 0.2) is 85.2 Å². The molecule has 0 bridgehead atoms.